The fraction of sp³-hybridized carbons (Fsp3) is 0. The number of thiocarbonyl (C=S) groups is 1. The molecule has 7 heteroatoms. The van der Waals surface area contributed by atoms with Gasteiger partial charge in [0.25, 0.3) is 5.91 Å². The molecule has 0 atom stereocenters. The van der Waals surface area contributed by atoms with E-state index in [1.807, 2.05) is 0 Å². The minimum Gasteiger partial charge on any atom is -0.389 e. The number of rotatable bonds is 3. The second kappa shape index (κ2) is 6.39. The summed E-state index contributed by atoms with van der Waals surface area (Å²) >= 11 is 16.6. The highest BCUT2D eigenvalue weighted by atomic mass is 35.5. The summed E-state index contributed by atoms with van der Waals surface area (Å²) < 4.78 is 13.6. The lowest BCUT2D eigenvalue weighted by atomic mass is 10.1. The SMILES string of the molecule is NC(=S)c1ccc(Cl)c(NC(=O)c2cc(Cl)ccc2F)c1. The van der Waals surface area contributed by atoms with E-state index in [0.29, 0.717) is 5.56 Å². The predicted octanol–water partition coefficient (Wildman–Crippen LogP) is 4.02. The van der Waals surface area contributed by atoms with E-state index in [-0.39, 0.29) is 26.3 Å². The molecule has 0 bridgehead atoms. The average molecular weight is 343 g/mol. The summed E-state index contributed by atoms with van der Waals surface area (Å²) in [5.41, 5.74) is 6.16. The molecule has 2 aromatic rings. The fourth-order valence-electron chi connectivity index (χ4n) is 1.64. The van der Waals surface area contributed by atoms with Crippen LogP contribution in [0, 0.1) is 5.82 Å². The van der Waals surface area contributed by atoms with E-state index in [9.17, 15) is 9.18 Å². The Morgan fingerprint density at radius 1 is 1.19 bits per heavy atom. The molecule has 0 aliphatic carbocycles. The van der Waals surface area contributed by atoms with Crippen molar-refractivity contribution in [2.45, 2.75) is 0 Å². The van der Waals surface area contributed by atoms with Crippen molar-refractivity contribution in [3.63, 3.8) is 0 Å². The molecule has 0 heterocycles. The number of carbonyl (C=O) groups is 1. The molecule has 2 rings (SSSR count). The zero-order valence-electron chi connectivity index (χ0n) is 10.5. The first-order valence-electron chi connectivity index (χ1n) is 5.74. The first-order valence-corrected chi connectivity index (χ1v) is 6.90. The van der Waals surface area contributed by atoms with Crippen LogP contribution in [-0.2, 0) is 0 Å². The molecular formula is C14H9Cl2FN2OS. The van der Waals surface area contributed by atoms with Gasteiger partial charge >= 0.3 is 0 Å². The van der Waals surface area contributed by atoms with Gasteiger partial charge < -0.3 is 11.1 Å². The molecule has 0 fully saturated rings. The maximum absolute atomic E-state index is 13.6. The van der Waals surface area contributed by atoms with E-state index in [4.69, 9.17) is 41.2 Å². The molecule has 0 spiro atoms. The Hall–Kier alpha value is -1.69. The third kappa shape index (κ3) is 3.69. The zero-order valence-corrected chi connectivity index (χ0v) is 12.8. The number of hydrogen-bond acceptors (Lipinski definition) is 2. The second-order valence-corrected chi connectivity index (χ2v) is 5.42. The molecule has 3 N–H and O–H groups in total. The van der Waals surface area contributed by atoms with Crippen LogP contribution < -0.4 is 11.1 Å². The second-order valence-electron chi connectivity index (χ2n) is 4.14. The van der Waals surface area contributed by atoms with E-state index >= 15 is 0 Å². The van der Waals surface area contributed by atoms with Crippen LogP contribution in [0.25, 0.3) is 0 Å². The van der Waals surface area contributed by atoms with Crippen LogP contribution in [0.1, 0.15) is 15.9 Å². The van der Waals surface area contributed by atoms with Gasteiger partial charge in [-0.05, 0) is 30.3 Å². The molecule has 21 heavy (non-hydrogen) atoms. The van der Waals surface area contributed by atoms with Gasteiger partial charge in [-0.1, -0.05) is 41.5 Å². The van der Waals surface area contributed by atoms with Crippen molar-refractivity contribution in [3.8, 4) is 0 Å². The average Bonchev–Trinajstić information content (AvgIpc) is 2.43. The molecule has 108 valence electrons. The van der Waals surface area contributed by atoms with Gasteiger partial charge in [-0.25, -0.2) is 4.39 Å². The van der Waals surface area contributed by atoms with Crippen LogP contribution >= 0.6 is 35.4 Å². The van der Waals surface area contributed by atoms with Crippen LogP contribution in [0.3, 0.4) is 0 Å². The number of hydrogen-bond donors (Lipinski definition) is 2. The number of nitrogens with two attached hydrogens (primary N) is 1. The summed E-state index contributed by atoms with van der Waals surface area (Å²) in [6.07, 6.45) is 0. The summed E-state index contributed by atoms with van der Waals surface area (Å²) in [7, 11) is 0. The first kappa shape index (κ1) is 15.7. The van der Waals surface area contributed by atoms with E-state index in [0.717, 1.165) is 6.07 Å². The lowest BCUT2D eigenvalue weighted by Crippen LogP contribution is -2.15. The van der Waals surface area contributed by atoms with Crippen LogP contribution in [0.4, 0.5) is 10.1 Å². The van der Waals surface area contributed by atoms with Crippen molar-refractivity contribution in [2.24, 2.45) is 5.73 Å². The molecular weight excluding hydrogens is 334 g/mol. The van der Waals surface area contributed by atoms with Gasteiger partial charge in [0.2, 0.25) is 0 Å². The van der Waals surface area contributed by atoms with Crippen molar-refractivity contribution < 1.29 is 9.18 Å². The van der Waals surface area contributed by atoms with Crippen molar-refractivity contribution in [1.29, 1.82) is 0 Å². The van der Waals surface area contributed by atoms with Gasteiger partial charge in [-0.2, -0.15) is 0 Å². The molecule has 3 nitrogen and oxygen atoms in total. The Balaban J connectivity index is 2.33. The van der Waals surface area contributed by atoms with Gasteiger partial charge in [0, 0.05) is 10.6 Å². The Morgan fingerprint density at radius 2 is 1.90 bits per heavy atom. The highest BCUT2D eigenvalue weighted by molar-refractivity contribution is 7.80. The van der Waals surface area contributed by atoms with Crippen molar-refractivity contribution in [1.82, 2.24) is 0 Å². The third-order valence-corrected chi connectivity index (χ3v) is 3.47. The maximum Gasteiger partial charge on any atom is 0.258 e. The summed E-state index contributed by atoms with van der Waals surface area (Å²) in [4.78, 5) is 12.3. The lowest BCUT2D eigenvalue weighted by Gasteiger charge is -2.10. The molecule has 0 aliphatic rings. The van der Waals surface area contributed by atoms with E-state index in [1.54, 1.807) is 12.1 Å². The molecule has 0 radical (unpaired) electrons. The Morgan fingerprint density at radius 3 is 2.57 bits per heavy atom. The Labute approximate surface area is 135 Å². The third-order valence-electron chi connectivity index (χ3n) is 2.67. The number of carbonyl (C=O) groups excluding carboxylic acids is 1. The Kier molecular flexibility index (Phi) is 4.77. The van der Waals surface area contributed by atoms with E-state index in [1.165, 1.54) is 18.2 Å². The number of anilines is 1. The fourth-order valence-corrected chi connectivity index (χ4v) is 2.10. The highest BCUT2D eigenvalue weighted by Gasteiger charge is 2.14. The van der Waals surface area contributed by atoms with Crippen molar-refractivity contribution >= 4 is 52.0 Å². The topological polar surface area (TPSA) is 55.1 Å². The van der Waals surface area contributed by atoms with Crippen LogP contribution in [0.15, 0.2) is 36.4 Å². The number of halogens is 3. The monoisotopic (exact) mass is 342 g/mol. The summed E-state index contributed by atoms with van der Waals surface area (Å²) in [6.45, 7) is 0. The lowest BCUT2D eigenvalue weighted by molar-refractivity contribution is 0.102. The van der Waals surface area contributed by atoms with Gasteiger partial charge in [0.1, 0.15) is 10.8 Å². The zero-order chi connectivity index (χ0) is 15.6. The summed E-state index contributed by atoms with van der Waals surface area (Å²) in [5.74, 6) is -1.35. The minimum absolute atomic E-state index is 0.163. The summed E-state index contributed by atoms with van der Waals surface area (Å²) in [5, 5.41) is 3.04. The minimum atomic E-state index is -0.682. The first-order chi connectivity index (χ1) is 9.88. The summed E-state index contributed by atoms with van der Waals surface area (Å²) in [6, 6.07) is 8.39. The van der Waals surface area contributed by atoms with E-state index in [2.05, 4.69) is 5.32 Å². The normalized spacial score (nSPS) is 10.2. The molecule has 2 aromatic carbocycles. The standard InChI is InChI=1S/C14H9Cl2FN2OS/c15-8-2-4-11(17)9(6-8)14(20)19-12-5-7(13(18)21)1-3-10(12)16/h1-6H,(H2,18,21)(H,19,20). The van der Waals surface area contributed by atoms with Crippen LogP contribution in [0.5, 0.6) is 0 Å². The van der Waals surface area contributed by atoms with Gasteiger partial charge in [0.05, 0.1) is 16.3 Å². The van der Waals surface area contributed by atoms with E-state index < -0.39 is 11.7 Å². The molecule has 0 saturated carbocycles. The molecule has 0 aromatic heterocycles. The molecule has 0 unspecified atom stereocenters. The number of nitrogens with one attached hydrogen (secondary N) is 1. The Bertz CT molecular complexity index is 737. The molecule has 1 amide bonds. The van der Waals surface area contributed by atoms with Crippen LogP contribution in [-0.4, -0.2) is 10.9 Å². The smallest absolute Gasteiger partial charge is 0.258 e. The highest BCUT2D eigenvalue weighted by Crippen LogP contribution is 2.24. The van der Waals surface area contributed by atoms with Crippen molar-refractivity contribution in [3.05, 3.63) is 63.4 Å². The predicted molar refractivity (Wildman–Crippen MR) is 86.7 cm³/mol. The largest absolute Gasteiger partial charge is 0.389 e. The van der Waals surface area contributed by atoms with Gasteiger partial charge in [-0.3, -0.25) is 4.79 Å². The quantitative estimate of drug-likeness (QED) is 0.828. The number of amides is 1. The van der Waals surface area contributed by atoms with Gasteiger partial charge in [-0.15, -0.1) is 0 Å². The number of benzene rings is 2. The van der Waals surface area contributed by atoms with Gasteiger partial charge in [0.15, 0.2) is 0 Å². The molecule has 0 saturated heterocycles. The molecule has 0 aliphatic heterocycles. The maximum atomic E-state index is 13.6. The van der Waals surface area contributed by atoms with Crippen LogP contribution in [0.2, 0.25) is 10.0 Å². The van der Waals surface area contributed by atoms with Crippen molar-refractivity contribution in [2.75, 3.05) is 5.32 Å².